The molecule has 25 heavy (non-hydrogen) atoms. The quantitative estimate of drug-likeness (QED) is 0.840. The maximum absolute atomic E-state index is 12.3. The van der Waals surface area contributed by atoms with Gasteiger partial charge in [-0.25, -0.2) is 0 Å². The van der Waals surface area contributed by atoms with Crippen molar-refractivity contribution >= 4 is 17.3 Å². The van der Waals surface area contributed by atoms with Gasteiger partial charge >= 0.3 is 0 Å². The van der Waals surface area contributed by atoms with Crippen LogP contribution in [0.4, 0.5) is 11.4 Å². The molecule has 0 bridgehead atoms. The number of nitrogens with zero attached hydrogens (tertiary/aromatic N) is 4. The second kappa shape index (κ2) is 6.82. The molecule has 1 N–H and O–H groups in total. The highest BCUT2D eigenvalue weighted by Crippen LogP contribution is 2.42. The van der Waals surface area contributed by atoms with Crippen LogP contribution in [0.1, 0.15) is 19.3 Å². The highest BCUT2D eigenvalue weighted by Gasteiger charge is 2.26. The Morgan fingerprint density at radius 1 is 1.08 bits per heavy atom. The van der Waals surface area contributed by atoms with Gasteiger partial charge in [0.1, 0.15) is 23.9 Å². The van der Waals surface area contributed by atoms with E-state index in [0.29, 0.717) is 35.8 Å². The Labute approximate surface area is 144 Å². The number of anilines is 2. The molecule has 1 aromatic rings. The van der Waals surface area contributed by atoms with Crippen LogP contribution in [0.25, 0.3) is 0 Å². The SMILES string of the molecule is N#CC(C#N)=C(C#N)Nc1cc2c(cc1N1CCCCC1=O)OCO2. The maximum Gasteiger partial charge on any atom is 0.231 e. The molecule has 0 unspecified atom stereocenters. The van der Waals surface area contributed by atoms with Gasteiger partial charge in [-0.1, -0.05) is 0 Å². The van der Waals surface area contributed by atoms with Crippen LogP contribution >= 0.6 is 0 Å². The lowest BCUT2D eigenvalue weighted by atomic mass is 10.1. The van der Waals surface area contributed by atoms with E-state index in [-0.39, 0.29) is 24.0 Å². The molecule has 1 fully saturated rings. The van der Waals surface area contributed by atoms with E-state index in [1.165, 1.54) is 0 Å². The van der Waals surface area contributed by atoms with Crippen molar-refractivity contribution in [3.63, 3.8) is 0 Å². The van der Waals surface area contributed by atoms with Crippen molar-refractivity contribution in [2.45, 2.75) is 19.3 Å². The minimum absolute atomic E-state index is 0.0311. The summed E-state index contributed by atoms with van der Waals surface area (Å²) in [5.41, 5.74) is 0.404. The Balaban J connectivity index is 2.08. The maximum atomic E-state index is 12.3. The van der Waals surface area contributed by atoms with Crippen molar-refractivity contribution in [3.8, 4) is 29.7 Å². The van der Waals surface area contributed by atoms with Gasteiger partial charge in [0.2, 0.25) is 12.7 Å². The van der Waals surface area contributed by atoms with Gasteiger partial charge in [0.15, 0.2) is 17.1 Å². The van der Waals surface area contributed by atoms with Crippen molar-refractivity contribution < 1.29 is 14.3 Å². The fraction of sp³-hybridized carbons (Fsp3) is 0.294. The molecule has 2 aliphatic rings. The molecule has 1 aromatic carbocycles. The Morgan fingerprint density at radius 2 is 1.80 bits per heavy atom. The number of hydrogen-bond acceptors (Lipinski definition) is 7. The van der Waals surface area contributed by atoms with Gasteiger partial charge in [-0.15, -0.1) is 0 Å². The Kier molecular flexibility index (Phi) is 4.41. The smallest absolute Gasteiger partial charge is 0.231 e. The van der Waals surface area contributed by atoms with Crippen LogP contribution in [-0.4, -0.2) is 19.2 Å². The van der Waals surface area contributed by atoms with Crippen LogP contribution < -0.4 is 19.7 Å². The second-order valence-corrected chi connectivity index (χ2v) is 5.44. The molecule has 8 nitrogen and oxygen atoms in total. The summed E-state index contributed by atoms with van der Waals surface area (Å²) < 4.78 is 10.7. The molecule has 0 saturated carbocycles. The van der Waals surface area contributed by atoms with Gasteiger partial charge in [0, 0.05) is 25.1 Å². The Hall–Kier alpha value is -3.70. The van der Waals surface area contributed by atoms with Crippen molar-refractivity contribution in [1.82, 2.24) is 0 Å². The third kappa shape index (κ3) is 3.04. The van der Waals surface area contributed by atoms with Crippen molar-refractivity contribution in [2.24, 2.45) is 0 Å². The average molecular weight is 335 g/mol. The predicted molar refractivity (Wildman–Crippen MR) is 86.3 cm³/mol. The van der Waals surface area contributed by atoms with E-state index >= 15 is 0 Å². The predicted octanol–water partition coefficient (Wildman–Crippen LogP) is 2.17. The van der Waals surface area contributed by atoms with Gasteiger partial charge in [-0.3, -0.25) is 4.79 Å². The number of amides is 1. The second-order valence-electron chi connectivity index (χ2n) is 5.44. The number of nitrogens with one attached hydrogen (secondary N) is 1. The zero-order valence-corrected chi connectivity index (χ0v) is 13.2. The largest absolute Gasteiger partial charge is 0.454 e. The average Bonchev–Trinajstić information content (AvgIpc) is 3.09. The Morgan fingerprint density at radius 3 is 2.44 bits per heavy atom. The van der Waals surface area contributed by atoms with Gasteiger partial charge in [-0.05, 0) is 12.8 Å². The van der Waals surface area contributed by atoms with Crippen LogP contribution in [-0.2, 0) is 4.79 Å². The summed E-state index contributed by atoms with van der Waals surface area (Å²) in [6.45, 7) is 0.608. The summed E-state index contributed by atoms with van der Waals surface area (Å²) in [7, 11) is 0. The molecule has 2 aliphatic heterocycles. The monoisotopic (exact) mass is 335 g/mol. The lowest BCUT2D eigenvalue weighted by Gasteiger charge is -2.29. The number of nitriles is 3. The van der Waals surface area contributed by atoms with E-state index in [0.717, 1.165) is 12.8 Å². The van der Waals surface area contributed by atoms with Gasteiger partial charge in [-0.2, -0.15) is 15.8 Å². The number of allylic oxidation sites excluding steroid dienone is 2. The fourth-order valence-corrected chi connectivity index (χ4v) is 2.73. The number of rotatable bonds is 3. The summed E-state index contributed by atoms with van der Waals surface area (Å²) in [5, 5.41) is 30.0. The fourth-order valence-electron chi connectivity index (χ4n) is 2.73. The van der Waals surface area contributed by atoms with E-state index < -0.39 is 0 Å². The van der Waals surface area contributed by atoms with E-state index in [4.69, 9.17) is 20.0 Å². The first-order valence-electron chi connectivity index (χ1n) is 7.63. The van der Waals surface area contributed by atoms with Crippen LogP contribution in [0.3, 0.4) is 0 Å². The Bertz CT molecular complexity index is 869. The van der Waals surface area contributed by atoms with Gasteiger partial charge in [0.25, 0.3) is 0 Å². The van der Waals surface area contributed by atoms with Gasteiger partial charge < -0.3 is 19.7 Å². The zero-order chi connectivity index (χ0) is 17.8. The van der Waals surface area contributed by atoms with E-state index in [2.05, 4.69) is 5.32 Å². The van der Waals surface area contributed by atoms with Crippen molar-refractivity contribution in [3.05, 3.63) is 23.4 Å². The molecule has 0 aliphatic carbocycles. The molecule has 2 heterocycles. The molecule has 1 saturated heterocycles. The molecule has 0 radical (unpaired) electrons. The molecule has 8 heteroatoms. The van der Waals surface area contributed by atoms with E-state index in [1.807, 2.05) is 6.07 Å². The first-order chi connectivity index (χ1) is 12.2. The molecular formula is C17H13N5O3. The highest BCUT2D eigenvalue weighted by atomic mass is 16.7. The first-order valence-corrected chi connectivity index (χ1v) is 7.63. The van der Waals surface area contributed by atoms with Crippen LogP contribution in [0, 0.1) is 34.0 Å². The van der Waals surface area contributed by atoms with E-state index in [9.17, 15) is 10.1 Å². The summed E-state index contributed by atoms with van der Waals surface area (Å²) >= 11 is 0. The standard InChI is InChI=1S/C17H13N5O3/c18-7-11(8-19)13(9-20)21-12-5-15-16(25-10-24-15)6-14(12)22-4-2-1-3-17(22)23/h5-6,21H,1-4,10H2. The lowest BCUT2D eigenvalue weighted by Crippen LogP contribution is -2.35. The number of carbonyl (C=O) groups is 1. The first kappa shape index (κ1) is 16.2. The minimum atomic E-state index is -0.337. The van der Waals surface area contributed by atoms with Crippen LogP contribution in [0.2, 0.25) is 0 Å². The van der Waals surface area contributed by atoms with Crippen molar-refractivity contribution in [1.29, 1.82) is 15.8 Å². The number of ether oxygens (including phenoxy) is 2. The molecule has 3 rings (SSSR count). The molecular weight excluding hydrogens is 322 g/mol. The number of fused-ring (bicyclic) bond motifs is 1. The van der Waals surface area contributed by atoms with Crippen molar-refractivity contribution in [2.75, 3.05) is 23.6 Å². The molecule has 0 atom stereocenters. The molecule has 0 spiro atoms. The minimum Gasteiger partial charge on any atom is -0.454 e. The number of piperidine rings is 1. The lowest BCUT2D eigenvalue weighted by molar-refractivity contribution is -0.119. The van der Waals surface area contributed by atoms with Gasteiger partial charge in [0.05, 0.1) is 11.4 Å². The number of hydrogen-bond donors (Lipinski definition) is 1. The number of carbonyl (C=O) groups excluding carboxylic acids is 1. The zero-order valence-electron chi connectivity index (χ0n) is 13.2. The third-order valence-corrected chi connectivity index (χ3v) is 3.95. The third-order valence-electron chi connectivity index (χ3n) is 3.95. The van der Waals surface area contributed by atoms with Crippen LogP contribution in [0.15, 0.2) is 23.4 Å². The summed E-state index contributed by atoms with van der Waals surface area (Å²) in [4.78, 5) is 13.9. The van der Waals surface area contributed by atoms with Crippen LogP contribution in [0.5, 0.6) is 11.5 Å². The topological polar surface area (TPSA) is 122 Å². The highest BCUT2D eigenvalue weighted by molar-refractivity contribution is 5.98. The summed E-state index contributed by atoms with van der Waals surface area (Å²) in [5.74, 6) is 0.933. The molecule has 124 valence electrons. The summed E-state index contributed by atoms with van der Waals surface area (Å²) in [6, 6.07) is 8.44. The van der Waals surface area contributed by atoms with E-state index in [1.54, 1.807) is 29.2 Å². The normalized spacial score (nSPS) is 14.9. The molecule has 0 aromatic heterocycles. The summed E-state index contributed by atoms with van der Waals surface area (Å²) in [6.07, 6.45) is 2.14. The number of benzene rings is 1. The molecule has 1 amide bonds.